The van der Waals surface area contributed by atoms with E-state index in [0.29, 0.717) is 17.3 Å². The maximum absolute atomic E-state index is 9.00. The lowest BCUT2D eigenvalue weighted by atomic mass is 10.0. The molecule has 0 spiro atoms. The molecular formula is C20H21ClN4O. The van der Waals surface area contributed by atoms with Crippen molar-refractivity contribution in [1.82, 2.24) is 9.97 Å². The minimum absolute atomic E-state index is 0.137. The molecule has 0 unspecified atom stereocenters. The number of hydrogen-bond acceptors (Lipinski definition) is 5. The highest BCUT2D eigenvalue weighted by atomic mass is 35.5. The first-order valence-electron chi connectivity index (χ1n) is 8.49. The number of aliphatic hydroxyl groups excluding tert-OH is 1. The highest BCUT2D eigenvalue weighted by Gasteiger charge is 2.10. The lowest BCUT2D eigenvalue weighted by Crippen LogP contribution is -2.02. The van der Waals surface area contributed by atoms with E-state index in [0.717, 1.165) is 34.5 Å². The SMILES string of the molecule is CCc1ccc(Cl)cc1-c1cc(Nc2ccc(CCO)cc2)nc(N)n1. The van der Waals surface area contributed by atoms with Crippen LogP contribution < -0.4 is 11.1 Å². The molecule has 0 bridgehead atoms. The number of halogens is 1. The molecule has 0 saturated carbocycles. The summed E-state index contributed by atoms with van der Waals surface area (Å²) in [7, 11) is 0. The van der Waals surface area contributed by atoms with Gasteiger partial charge in [0.15, 0.2) is 0 Å². The second-order valence-corrected chi connectivity index (χ2v) is 6.38. The van der Waals surface area contributed by atoms with Gasteiger partial charge < -0.3 is 16.2 Å². The Kier molecular flexibility index (Phi) is 5.71. The monoisotopic (exact) mass is 368 g/mol. The molecule has 1 heterocycles. The predicted molar refractivity (Wildman–Crippen MR) is 107 cm³/mol. The van der Waals surface area contributed by atoms with E-state index in [1.807, 2.05) is 48.5 Å². The van der Waals surface area contributed by atoms with Gasteiger partial charge >= 0.3 is 0 Å². The van der Waals surface area contributed by atoms with Crippen molar-refractivity contribution in [3.05, 3.63) is 64.7 Å². The first kappa shape index (κ1) is 18.2. The predicted octanol–water partition coefficient (Wildman–Crippen LogP) is 4.22. The fourth-order valence-electron chi connectivity index (χ4n) is 2.80. The van der Waals surface area contributed by atoms with Crippen LogP contribution in [0.5, 0.6) is 0 Å². The van der Waals surface area contributed by atoms with Crippen LogP contribution in [-0.4, -0.2) is 21.7 Å². The van der Waals surface area contributed by atoms with Crippen LogP contribution in [0.1, 0.15) is 18.1 Å². The van der Waals surface area contributed by atoms with Gasteiger partial charge in [0.25, 0.3) is 0 Å². The van der Waals surface area contributed by atoms with Gasteiger partial charge in [-0.3, -0.25) is 0 Å². The first-order valence-corrected chi connectivity index (χ1v) is 8.87. The van der Waals surface area contributed by atoms with Crippen molar-refractivity contribution in [2.24, 2.45) is 0 Å². The Bertz CT molecular complexity index is 897. The van der Waals surface area contributed by atoms with Crippen molar-refractivity contribution in [2.75, 3.05) is 17.7 Å². The summed E-state index contributed by atoms with van der Waals surface area (Å²) in [4.78, 5) is 8.65. The van der Waals surface area contributed by atoms with E-state index in [1.54, 1.807) is 0 Å². The number of benzene rings is 2. The van der Waals surface area contributed by atoms with Crippen molar-refractivity contribution in [1.29, 1.82) is 0 Å². The maximum atomic E-state index is 9.00. The summed E-state index contributed by atoms with van der Waals surface area (Å²) in [5.74, 6) is 0.813. The maximum Gasteiger partial charge on any atom is 0.222 e. The molecule has 4 N–H and O–H groups in total. The van der Waals surface area contributed by atoms with Crippen molar-refractivity contribution in [3.8, 4) is 11.3 Å². The Morgan fingerprint density at radius 1 is 1.08 bits per heavy atom. The molecule has 0 aliphatic rings. The molecule has 5 nitrogen and oxygen atoms in total. The van der Waals surface area contributed by atoms with E-state index in [1.165, 1.54) is 0 Å². The quantitative estimate of drug-likeness (QED) is 0.606. The number of nitrogens with one attached hydrogen (secondary N) is 1. The molecule has 6 heteroatoms. The molecule has 3 rings (SSSR count). The third kappa shape index (κ3) is 4.31. The number of nitrogens with two attached hydrogens (primary N) is 1. The fraction of sp³-hybridized carbons (Fsp3) is 0.200. The third-order valence-electron chi connectivity index (χ3n) is 4.10. The van der Waals surface area contributed by atoms with Gasteiger partial charge in [0.2, 0.25) is 5.95 Å². The van der Waals surface area contributed by atoms with Crippen molar-refractivity contribution in [2.45, 2.75) is 19.8 Å². The minimum atomic E-state index is 0.137. The van der Waals surface area contributed by atoms with Crippen molar-refractivity contribution < 1.29 is 5.11 Å². The van der Waals surface area contributed by atoms with Gasteiger partial charge in [-0.1, -0.05) is 36.7 Å². The summed E-state index contributed by atoms with van der Waals surface area (Å²) in [5, 5.41) is 12.9. The second-order valence-electron chi connectivity index (χ2n) is 5.95. The molecule has 0 atom stereocenters. The zero-order valence-corrected chi connectivity index (χ0v) is 15.3. The number of aliphatic hydroxyl groups is 1. The van der Waals surface area contributed by atoms with E-state index in [-0.39, 0.29) is 12.6 Å². The molecule has 0 amide bonds. The van der Waals surface area contributed by atoms with Gasteiger partial charge in [0, 0.05) is 28.9 Å². The van der Waals surface area contributed by atoms with Crippen LogP contribution in [0.15, 0.2) is 48.5 Å². The van der Waals surface area contributed by atoms with E-state index in [4.69, 9.17) is 22.4 Å². The molecule has 3 aromatic rings. The van der Waals surface area contributed by atoms with Crippen LogP contribution in [0.3, 0.4) is 0 Å². The van der Waals surface area contributed by atoms with Crippen LogP contribution in [0, 0.1) is 0 Å². The summed E-state index contributed by atoms with van der Waals surface area (Å²) < 4.78 is 0. The van der Waals surface area contributed by atoms with Crippen LogP contribution >= 0.6 is 11.6 Å². The highest BCUT2D eigenvalue weighted by molar-refractivity contribution is 6.30. The van der Waals surface area contributed by atoms with Crippen LogP contribution in [0.4, 0.5) is 17.5 Å². The number of aryl methyl sites for hydroxylation is 1. The molecule has 0 aliphatic heterocycles. The smallest absolute Gasteiger partial charge is 0.222 e. The molecule has 0 fully saturated rings. The average Bonchev–Trinajstić information content (AvgIpc) is 2.63. The number of aromatic nitrogens is 2. The molecule has 0 aliphatic carbocycles. The number of anilines is 3. The number of hydrogen-bond donors (Lipinski definition) is 3. The third-order valence-corrected chi connectivity index (χ3v) is 4.33. The highest BCUT2D eigenvalue weighted by Crippen LogP contribution is 2.29. The molecule has 1 aromatic heterocycles. The zero-order chi connectivity index (χ0) is 18.5. The summed E-state index contributed by atoms with van der Waals surface area (Å²) in [6.07, 6.45) is 1.50. The van der Waals surface area contributed by atoms with Crippen molar-refractivity contribution >= 4 is 29.1 Å². The molecule has 0 radical (unpaired) electrons. The van der Waals surface area contributed by atoms with Gasteiger partial charge in [0.1, 0.15) is 5.82 Å². The molecular weight excluding hydrogens is 348 g/mol. The minimum Gasteiger partial charge on any atom is -0.396 e. The van der Waals surface area contributed by atoms with E-state index in [2.05, 4.69) is 22.2 Å². The Hall–Kier alpha value is -2.63. The number of nitrogen functional groups attached to an aromatic ring is 1. The van der Waals surface area contributed by atoms with Gasteiger partial charge in [-0.2, -0.15) is 4.98 Å². The first-order chi connectivity index (χ1) is 12.6. The molecule has 134 valence electrons. The van der Waals surface area contributed by atoms with Gasteiger partial charge in [0.05, 0.1) is 5.69 Å². The zero-order valence-electron chi connectivity index (χ0n) is 14.5. The summed E-state index contributed by atoms with van der Waals surface area (Å²) >= 11 is 6.17. The Morgan fingerprint density at radius 2 is 1.85 bits per heavy atom. The summed E-state index contributed by atoms with van der Waals surface area (Å²) in [6.45, 7) is 2.22. The Morgan fingerprint density at radius 3 is 2.54 bits per heavy atom. The lowest BCUT2D eigenvalue weighted by Gasteiger charge is -2.12. The Balaban J connectivity index is 1.92. The van der Waals surface area contributed by atoms with E-state index < -0.39 is 0 Å². The topological polar surface area (TPSA) is 84.1 Å². The van der Waals surface area contributed by atoms with Crippen LogP contribution in [0.2, 0.25) is 5.02 Å². The molecule has 0 saturated heterocycles. The van der Waals surface area contributed by atoms with Crippen LogP contribution in [-0.2, 0) is 12.8 Å². The largest absolute Gasteiger partial charge is 0.396 e. The van der Waals surface area contributed by atoms with Gasteiger partial charge in [-0.05, 0) is 48.2 Å². The van der Waals surface area contributed by atoms with Crippen LogP contribution in [0.25, 0.3) is 11.3 Å². The average molecular weight is 369 g/mol. The standard InChI is InChI=1S/C20H21ClN4O/c1-2-14-5-6-15(21)11-17(14)18-12-19(25-20(22)24-18)23-16-7-3-13(4-8-16)9-10-26/h3-8,11-12,26H,2,9-10H2,1H3,(H3,22,23,24,25). The van der Waals surface area contributed by atoms with E-state index >= 15 is 0 Å². The summed E-state index contributed by atoms with van der Waals surface area (Å²) in [5.41, 5.74) is 10.7. The van der Waals surface area contributed by atoms with Crippen molar-refractivity contribution in [3.63, 3.8) is 0 Å². The van der Waals surface area contributed by atoms with Gasteiger partial charge in [-0.25, -0.2) is 4.98 Å². The number of rotatable bonds is 6. The Labute approximate surface area is 157 Å². The second kappa shape index (κ2) is 8.17. The van der Waals surface area contributed by atoms with Gasteiger partial charge in [-0.15, -0.1) is 0 Å². The number of nitrogens with zero attached hydrogens (tertiary/aromatic N) is 2. The molecule has 2 aromatic carbocycles. The lowest BCUT2D eigenvalue weighted by molar-refractivity contribution is 0.299. The summed E-state index contributed by atoms with van der Waals surface area (Å²) in [6, 6.07) is 15.5. The van der Waals surface area contributed by atoms with E-state index in [9.17, 15) is 0 Å². The fourth-order valence-corrected chi connectivity index (χ4v) is 2.97. The normalized spacial score (nSPS) is 10.7. The molecule has 26 heavy (non-hydrogen) atoms.